The van der Waals surface area contributed by atoms with E-state index in [0.717, 1.165) is 5.56 Å². The van der Waals surface area contributed by atoms with Crippen molar-refractivity contribution < 1.29 is 9.47 Å². The summed E-state index contributed by atoms with van der Waals surface area (Å²) in [6, 6.07) is 16.0. The number of nitrogens with zero attached hydrogens (tertiary/aromatic N) is 2. The van der Waals surface area contributed by atoms with Gasteiger partial charge in [-0.05, 0) is 30.7 Å². The van der Waals surface area contributed by atoms with E-state index in [4.69, 9.17) is 26.8 Å². The smallest absolute Gasteiger partial charge is 0.268 e. The molecule has 0 unspecified atom stereocenters. The Balaban J connectivity index is 2.07. The lowest BCUT2D eigenvalue weighted by molar-refractivity contribution is 0.269. The van der Waals surface area contributed by atoms with E-state index in [9.17, 15) is 15.3 Å². The number of H-pyrrole nitrogens is 1. The molecule has 3 rings (SSSR count). The van der Waals surface area contributed by atoms with Crippen LogP contribution in [0.1, 0.15) is 23.6 Å². The number of hydrogen-bond donors (Lipinski definition) is 2. The third-order valence-electron chi connectivity index (χ3n) is 4.34. The Hall–Kier alpha value is -3.94. The Bertz CT molecular complexity index is 1240. The summed E-state index contributed by atoms with van der Waals surface area (Å²) >= 11 is 6.18. The van der Waals surface area contributed by atoms with Gasteiger partial charge in [0.25, 0.3) is 5.56 Å². The number of hydrogen-bond acceptors (Lipinski definition) is 6. The Morgan fingerprint density at radius 1 is 1.07 bits per heavy atom. The number of pyridine rings is 1. The first-order valence-corrected chi connectivity index (χ1v) is 9.37. The second kappa shape index (κ2) is 9.04. The number of anilines is 1. The molecule has 0 aliphatic carbocycles. The Kier molecular flexibility index (Phi) is 6.26. The van der Waals surface area contributed by atoms with Crippen molar-refractivity contribution in [3.05, 3.63) is 74.5 Å². The molecule has 0 aliphatic rings. The molecule has 1 aromatic heterocycles. The molecule has 2 aromatic carbocycles. The fraction of sp³-hybridized carbons (Fsp3) is 0.136. The number of nitriles is 2. The zero-order valence-corrected chi connectivity index (χ0v) is 16.8. The van der Waals surface area contributed by atoms with E-state index < -0.39 is 5.56 Å². The molecule has 0 aliphatic heterocycles. The van der Waals surface area contributed by atoms with Gasteiger partial charge in [-0.1, -0.05) is 35.9 Å². The summed E-state index contributed by atoms with van der Waals surface area (Å²) in [6.07, 6.45) is 0. The number of ether oxygens (including phenoxy) is 2. The first-order chi connectivity index (χ1) is 14.5. The van der Waals surface area contributed by atoms with Crippen molar-refractivity contribution in [2.45, 2.75) is 13.5 Å². The van der Waals surface area contributed by atoms with Crippen LogP contribution in [0.25, 0.3) is 11.1 Å². The molecule has 7 nitrogen and oxygen atoms in total. The number of benzene rings is 2. The topological polar surface area (TPSA) is 125 Å². The second-order valence-electron chi connectivity index (χ2n) is 6.19. The van der Waals surface area contributed by atoms with Crippen LogP contribution in [0.5, 0.6) is 11.5 Å². The van der Waals surface area contributed by atoms with Gasteiger partial charge in [0.2, 0.25) is 0 Å². The maximum Gasteiger partial charge on any atom is 0.268 e. The summed E-state index contributed by atoms with van der Waals surface area (Å²) in [5.74, 6) is 0.748. The number of nitrogen functional groups attached to an aromatic ring is 1. The van der Waals surface area contributed by atoms with Crippen LogP contribution >= 0.6 is 11.6 Å². The lowest BCUT2D eigenvalue weighted by atomic mass is 9.96. The molecule has 8 heteroatoms. The number of nitrogens with two attached hydrogens (primary N) is 1. The SMILES string of the molecule is CCOc1cc(-c2c(C#N)c(N)[nH]c(=O)c2C#N)ccc1OCc1ccccc1Cl. The maximum absolute atomic E-state index is 12.2. The van der Waals surface area contributed by atoms with Crippen LogP contribution in [-0.4, -0.2) is 11.6 Å². The van der Waals surface area contributed by atoms with E-state index in [-0.39, 0.29) is 29.1 Å². The maximum atomic E-state index is 12.2. The largest absolute Gasteiger partial charge is 0.490 e. The molecule has 0 radical (unpaired) electrons. The van der Waals surface area contributed by atoms with Gasteiger partial charge >= 0.3 is 0 Å². The summed E-state index contributed by atoms with van der Waals surface area (Å²) in [7, 11) is 0. The molecule has 30 heavy (non-hydrogen) atoms. The van der Waals surface area contributed by atoms with Gasteiger partial charge in [-0.25, -0.2) is 0 Å². The molecule has 1 heterocycles. The molecule has 0 saturated heterocycles. The fourth-order valence-corrected chi connectivity index (χ4v) is 3.14. The lowest BCUT2D eigenvalue weighted by Crippen LogP contribution is -2.16. The van der Waals surface area contributed by atoms with E-state index in [1.165, 1.54) is 0 Å². The van der Waals surface area contributed by atoms with Crippen LogP contribution < -0.4 is 20.8 Å². The molecule has 0 bridgehead atoms. The van der Waals surface area contributed by atoms with Crippen LogP contribution in [0, 0.1) is 22.7 Å². The number of nitrogens with one attached hydrogen (secondary N) is 1. The van der Waals surface area contributed by atoms with Gasteiger partial charge in [0, 0.05) is 16.1 Å². The number of aromatic nitrogens is 1. The molecular weight excluding hydrogens is 404 g/mol. The summed E-state index contributed by atoms with van der Waals surface area (Å²) in [4.78, 5) is 14.5. The molecule has 0 saturated carbocycles. The minimum absolute atomic E-state index is 0.0123. The highest BCUT2D eigenvalue weighted by Gasteiger charge is 2.20. The van der Waals surface area contributed by atoms with Crippen molar-refractivity contribution in [2.75, 3.05) is 12.3 Å². The van der Waals surface area contributed by atoms with E-state index >= 15 is 0 Å². The van der Waals surface area contributed by atoms with Crippen LogP contribution in [0.15, 0.2) is 47.3 Å². The van der Waals surface area contributed by atoms with Gasteiger partial charge < -0.3 is 20.2 Å². The minimum Gasteiger partial charge on any atom is -0.490 e. The number of halogens is 1. The summed E-state index contributed by atoms with van der Waals surface area (Å²) in [5.41, 5.74) is 6.34. The zero-order chi connectivity index (χ0) is 21.7. The molecular formula is C22H17ClN4O3. The minimum atomic E-state index is -0.666. The average Bonchev–Trinajstić information content (AvgIpc) is 2.73. The first-order valence-electron chi connectivity index (χ1n) is 8.99. The third kappa shape index (κ3) is 4.07. The highest BCUT2D eigenvalue weighted by atomic mass is 35.5. The lowest BCUT2D eigenvalue weighted by Gasteiger charge is -2.15. The standard InChI is InChI=1S/C22H17ClN4O3/c1-2-29-19-9-13(20-15(10-24)21(26)27-22(28)16(20)11-25)7-8-18(19)30-12-14-5-3-4-6-17(14)23/h3-9H,2,12H2,1H3,(H3,26,27,28). The fourth-order valence-electron chi connectivity index (χ4n) is 2.95. The van der Waals surface area contributed by atoms with Crippen LogP contribution in [0.4, 0.5) is 5.82 Å². The molecule has 0 spiro atoms. The van der Waals surface area contributed by atoms with Crippen molar-refractivity contribution >= 4 is 17.4 Å². The van der Waals surface area contributed by atoms with Crippen LogP contribution in [-0.2, 0) is 6.61 Å². The summed E-state index contributed by atoms with van der Waals surface area (Å²) in [5, 5.41) is 19.5. The van der Waals surface area contributed by atoms with E-state index in [0.29, 0.717) is 28.7 Å². The molecule has 0 amide bonds. The van der Waals surface area contributed by atoms with Crippen molar-refractivity contribution in [3.63, 3.8) is 0 Å². The van der Waals surface area contributed by atoms with Crippen LogP contribution in [0.2, 0.25) is 5.02 Å². The highest BCUT2D eigenvalue weighted by Crippen LogP contribution is 2.36. The average molecular weight is 421 g/mol. The van der Waals surface area contributed by atoms with E-state index in [1.807, 2.05) is 37.3 Å². The monoisotopic (exact) mass is 420 g/mol. The number of aromatic amines is 1. The Labute approximate surface area is 177 Å². The van der Waals surface area contributed by atoms with Gasteiger partial charge in [-0.3, -0.25) is 4.79 Å². The normalized spacial score (nSPS) is 10.1. The summed E-state index contributed by atoms with van der Waals surface area (Å²) in [6.45, 7) is 2.40. The Morgan fingerprint density at radius 3 is 2.47 bits per heavy atom. The number of rotatable bonds is 6. The first kappa shape index (κ1) is 20.8. The van der Waals surface area contributed by atoms with Gasteiger partial charge in [-0.15, -0.1) is 0 Å². The van der Waals surface area contributed by atoms with Crippen molar-refractivity contribution in [1.82, 2.24) is 4.98 Å². The van der Waals surface area contributed by atoms with E-state index in [1.54, 1.807) is 24.3 Å². The van der Waals surface area contributed by atoms with Crippen molar-refractivity contribution in [1.29, 1.82) is 10.5 Å². The van der Waals surface area contributed by atoms with Crippen molar-refractivity contribution in [3.8, 4) is 34.8 Å². The quantitative estimate of drug-likeness (QED) is 0.620. The highest BCUT2D eigenvalue weighted by molar-refractivity contribution is 6.31. The van der Waals surface area contributed by atoms with Crippen LogP contribution in [0.3, 0.4) is 0 Å². The molecule has 0 atom stereocenters. The second-order valence-corrected chi connectivity index (χ2v) is 6.60. The van der Waals surface area contributed by atoms with Gasteiger partial charge in [-0.2, -0.15) is 10.5 Å². The van der Waals surface area contributed by atoms with Gasteiger partial charge in [0.05, 0.1) is 6.61 Å². The van der Waals surface area contributed by atoms with Gasteiger partial charge in [0.15, 0.2) is 11.5 Å². The molecule has 3 aromatic rings. The summed E-state index contributed by atoms with van der Waals surface area (Å²) < 4.78 is 11.6. The van der Waals surface area contributed by atoms with E-state index in [2.05, 4.69) is 4.98 Å². The van der Waals surface area contributed by atoms with Gasteiger partial charge in [0.1, 0.15) is 35.7 Å². The predicted octanol–water partition coefficient (Wildman–Crippen LogP) is 4.00. The third-order valence-corrected chi connectivity index (χ3v) is 4.71. The molecule has 3 N–H and O–H groups in total. The Morgan fingerprint density at radius 2 is 1.80 bits per heavy atom. The molecule has 150 valence electrons. The predicted molar refractivity (Wildman–Crippen MR) is 113 cm³/mol. The zero-order valence-electron chi connectivity index (χ0n) is 16.0. The molecule has 0 fully saturated rings. The van der Waals surface area contributed by atoms with Crippen molar-refractivity contribution in [2.24, 2.45) is 0 Å².